The van der Waals surface area contributed by atoms with Crippen molar-refractivity contribution < 1.29 is 9.53 Å². The molecular formula is C12H20N4O2. The summed E-state index contributed by atoms with van der Waals surface area (Å²) in [6, 6.07) is 1.38. The molecule has 0 aromatic carbocycles. The second kappa shape index (κ2) is 6.78. The number of amides is 1. The lowest BCUT2D eigenvalue weighted by molar-refractivity contribution is -0.122. The standard InChI is InChI=1S/C12H20N4O2/c1-5-18-10-6-7-13-12(16-10)15-9(4)11(17)14-8(2)3/h6-9H,5H2,1-4H3,(H,14,17)(H,13,15,16). The van der Waals surface area contributed by atoms with Gasteiger partial charge in [0.2, 0.25) is 17.7 Å². The van der Waals surface area contributed by atoms with E-state index in [0.717, 1.165) is 0 Å². The summed E-state index contributed by atoms with van der Waals surface area (Å²) in [7, 11) is 0. The van der Waals surface area contributed by atoms with Crippen LogP contribution in [0.5, 0.6) is 5.88 Å². The molecule has 18 heavy (non-hydrogen) atoms. The molecule has 0 spiro atoms. The van der Waals surface area contributed by atoms with Crippen LogP contribution in [0.4, 0.5) is 5.95 Å². The van der Waals surface area contributed by atoms with Gasteiger partial charge in [-0.1, -0.05) is 0 Å². The molecule has 1 unspecified atom stereocenters. The van der Waals surface area contributed by atoms with E-state index in [1.165, 1.54) is 0 Å². The highest BCUT2D eigenvalue weighted by atomic mass is 16.5. The molecule has 6 heteroatoms. The summed E-state index contributed by atoms with van der Waals surface area (Å²) in [5.74, 6) is 0.786. The third-order valence-corrected chi connectivity index (χ3v) is 2.09. The largest absolute Gasteiger partial charge is 0.478 e. The Balaban J connectivity index is 2.60. The number of nitrogens with zero attached hydrogens (tertiary/aromatic N) is 2. The number of anilines is 1. The number of ether oxygens (including phenoxy) is 1. The highest BCUT2D eigenvalue weighted by Crippen LogP contribution is 2.09. The minimum absolute atomic E-state index is 0.0876. The van der Waals surface area contributed by atoms with Crippen molar-refractivity contribution in [2.45, 2.75) is 39.8 Å². The molecule has 6 nitrogen and oxygen atoms in total. The van der Waals surface area contributed by atoms with Gasteiger partial charge in [0.25, 0.3) is 0 Å². The smallest absolute Gasteiger partial charge is 0.242 e. The van der Waals surface area contributed by atoms with Gasteiger partial charge in [-0.3, -0.25) is 4.79 Å². The van der Waals surface area contributed by atoms with Gasteiger partial charge in [-0.2, -0.15) is 4.98 Å². The van der Waals surface area contributed by atoms with E-state index in [4.69, 9.17) is 4.74 Å². The molecule has 1 rings (SSSR count). The van der Waals surface area contributed by atoms with E-state index in [-0.39, 0.29) is 11.9 Å². The molecule has 0 bridgehead atoms. The summed E-state index contributed by atoms with van der Waals surface area (Å²) in [6.45, 7) is 8.01. The zero-order valence-corrected chi connectivity index (χ0v) is 11.2. The van der Waals surface area contributed by atoms with Gasteiger partial charge in [0.15, 0.2) is 0 Å². The van der Waals surface area contributed by atoms with Crippen molar-refractivity contribution in [2.75, 3.05) is 11.9 Å². The Labute approximate surface area is 107 Å². The molecule has 0 aliphatic carbocycles. The minimum Gasteiger partial charge on any atom is -0.478 e. The zero-order valence-electron chi connectivity index (χ0n) is 11.2. The van der Waals surface area contributed by atoms with Gasteiger partial charge in [-0.15, -0.1) is 0 Å². The number of nitrogens with one attached hydrogen (secondary N) is 2. The normalized spacial score (nSPS) is 12.1. The molecule has 1 aromatic heterocycles. The van der Waals surface area contributed by atoms with Gasteiger partial charge in [0, 0.05) is 18.3 Å². The monoisotopic (exact) mass is 252 g/mol. The lowest BCUT2D eigenvalue weighted by atomic mass is 10.3. The van der Waals surface area contributed by atoms with Crippen LogP contribution < -0.4 is 15.4 Å². The number of rotatable bonds is 6. The van der Waals surface area contributed by atoms with Crippen molar-refractivity contribution in [3.63, 3.8) is 0 Å². The molecule has 1 atom stereocenters. The third-order valence-electron chi connectivity index (χ3n) is 2.09. The number of hydrogen-bond donors (Lipinski definition) is 2. The Bertz CT molecular complexity index is 395. The van der Waals surface area contributed by atoms with E-state index < -0.39 is 6.04 Å². The fourth-order valence-corrected chi connectivity index (χ4v) is 1.31. The molecule has 0 fully saturated rings. The summed E-state index contributed by atoms with van der Waals surface area (Å²) < 4.78 is 5.26. The predicted molar refractivity (Wildman–Crippen MR) is 69.6 cm³/mol. The summed E-state index contributed by atoms with van der Waals surface area (Å²) >= 11 is 0. The fourth-order valence-electron chi connectivity index (χ4n) is 1.31. The van der Waals surface area contributed by atoms with Crippen molar-refractivity contribution in [3.8, 4) is 5.88 Å². The van der Waals surface area contributed by atoms with Crippen LogP contribution in [-0.4, -0.2) is 34.6 Å². The van der Waals surface area contributed by atoms with Crippen LogP contribution in [0.15, 0.2) is 12.3 Å². The highest BCUT2D eigenvalue weighted by molar-refractivity contribution is 5.83. The maximum absolute atomic E-state index is 11.7. The zero-order chi connectivity index (χ0) is 13.5. The molecule has 0 radical (unpaired) electrons. The van der Waals surface area contributed by atoms with Crippen LogP contribution in [0.2, 0.25) is 0 Å². The SMILES string of the molecule is CCOc1ccnc(NC(C)C(=O)NC(C)C)n1. The van der Waals surface area contributed by atoms with Gasteiger partial charge in [0.1, 0.15) is 6.04 Å². The molecule has 0 aliphatic heterocycles. The fraction of sp³-hybridized carbons (Fsp3) is 0.583. The molecular weight excluding hydrogens is 232 g/mol. The summed E-state index contributed by atoms with van der Waals surface area (Å²) in [4.78, 5) is 19.9. The van der Waals surface area contributed by atoms with Gasteiger partial charge >= 0.3 is 0 Å². The molecule has 100 valence electrons. The lowest BCUT2D eigenvalue weighted by Gasteiger charge is -2.16. The number of hydrogen-bond acceptors (Lipinski definition) is 5. The topological polar surface area (TPSA) is 76.1 Å². The predicted octanol–water partition coefficient (Wildman–Crippen LogP) is 1.20. The molecule has 0 saturated heterocycles. The van der Waals surface area contributed by atoms with Crippen LogP contribution in [0, 0.1) is 0 Å². The maximum Gasteiger partial charge on any atom is 0.242 e. The Morgan fingerprint density at radius 2 is 2.17 bits per heavy atom. The first-order valence-electron chi connectivity index (χ1n) is 6.05. The van der Waals surface area contributed by atoms with Gasteiger partial charge in [-0.05, 0) is 27.7 Å². The first-order valence-corrected chi connectivity index (χ1v) is 6.05. The van der Waals surface area contributed by atoms with Crippen LogP contribution in [-0.2, 0) is 4.79 Å². The van der Waals surface area contributed by atoms with Crippen LogP contribution in [0.25, 0.3) is 0 Å². The van der Waals surface area contributed by atoms with E-state index in [1.54, 1.807) is 19.2 Å². The molecule has 2 N–H and O–H groups in total. The second-order valence-electron chi connectivity index (χ2n) is 4.18. The van der Waals surface area contributed by atoms with E-state index in [9.17, 15) is 4.79 Å². The van der Waals surface area contributed by atoms with Crippen molar-refractivity contribution in [1.29, 1.82) is 0 Å². The van der Waals surface area contributed by atoms with E-state index in [2.05, 4.69) is 20.6 Å². The van der Waals surface area contributed by atoms with Gasteiger partial charge in [-0.25, -0.2) is 4.98 Å². The van der Waals surface area contributed by atoms with Crippen LogP contribution >= 0.6 is 0 Å². The number of carbonyl (C=O) groups excluding carboxylic acids is 1. The van der Waals surface area contributed by atoms with E-state index in [1.807, 2.05) is 20.8 Å². The Morgan fingerprint density at radius 1 is 1.44 bits per heavy atom. The Morgan fingerprint density at radius 3 is 2.78 bits per heavy atom. The number of aromatic nitrogens is 2. The average molecular weight is 252 g/mol. The first-order chi connectivity index (χ1) is 8.52. The van der Waals surface area contributed by atoms with Crippen molar-refractivity contribution >= 4 is 11.9 Å². The van der Waals surface area contributed by atoms with Gasteiger partial charge < -0.3 is 15.4 Å². The molecule has 0 saturated carbocycles. The van der Waals surface area contributed by atoms with E-state index in [0.29, 0.717) is 18.4 Å². The maximum atomic E-state index is 11.7. The Kier molecular flexibility index (Phi) is 5.35. The van der Waals surface area contributed by atoms with Crippen molar-refractivity contribution in [3.05, 3.63) is 12.3 Å². The molecule has 1 heterocycles. The summed E-state index contributed by atoms with van der Waals surface area (Å²) in [5.41, 5.74) is 0. The van der Waals surface area contributed by atoms with Gasteiger partial charge in [0.05, 0.1) is 6.61 Å². The quantitative estimate of drug-likeness (QED) is 0.795. The van der Waals surface area contributed by atoms with Crippen molar-refractivity contribution in [2.24, 2.45) is 0 Å². The lowest BCUT2D eigenvalue weighted by Crippen LogP contribution is -2.41. The molecule has 1 amide bonds. The van der Waals surface area contributed by atoms with E-state index >= 15 is 0 Å². The van der Waals surface area contributed by atoms with Crippen molar-refractivity contribution in [1.82, 2.24) is 15.3 Å². The summed E-state index contributed by atoms with van der Waals surface area (Å²) in [6.07, 6.45) is 1.59. The molecule has 0 aliphatic rings. The number of carbonyl (C=O) groups is 1. The minimum atomic E-state index is -0.399. The summed E-state index contributed by atoms with van der Waals surface area (Å²) in [5, 5.41) is 5.75. The molecule has 1 aromatic rings. The third kappa shape index (κ3) is 4.57. The highest BCUT2D eigenvalue weighted by Gasteiger charge is 2.14. The second-order valence-corrected chi connectivity index (χ2v) is 4.18. The van der Waals surface area contributed by atoms with Crippen LogP contribution in [0.3, 0.4) is 0 Å². The Hall–Kier alpha value is -1.85. The average Bonchev–Trinajstić information content (AvgIpc) is 2.29. The first kappa shape index (κ1) is 14.2. The van der Waals surface area contributed by atoms with Crippen LogP contribution in [0.1, 0.15) is 27.7 Å².